The Labute approximate surface area is 87.7 Å². The summed E-state index contributed by atoms with van der Waals surface area (Å²) in [6.45, 7) is 10.4. The molecule has 1 unspecified atom stereocenters. The van der Waals surface area contributed by atoms with E-state index >= 15 is 0 Å². The standard InChI is InChI=1S/C11H24N2O/c1-5-13-8-10(6-7-14)12(4)9-11(13,2)3/h10,14H,5-9H2,1-4H3. The Bertz CT molecular complexity index is 182. The molecule has 1 saturated heterocycles. The lowest BCUT2D eigenvalue weighted by atomic mass is 9.95. The van der Waals surface area contributed by atoms with Crippen LogP contribution in [0.2, 0.25) is 0 Å². The van der Waals surface area contributed by atoms with Crippen molar-refractivity contribution < 1.29 is 5.11 Å². The van der Waals surface area contributed by atoms with Crippen LogP contribution in [0.4, 0.5) is 0 Å². The third-order valence-electron chi connectivity index (χ3n) is 3.39. The van der Waals surface area contributed by atoms with E-state index in [0.717, 1.165) is 26.1 Å². The highest BCUT2D eigenvalue weighted by Gasteiger charge is 2.35. The van der Waals surface area contributed by atoms with Gasteiger partial charge in [0.15, 0.2) is 0 Å². The van der Waals surface area contributed by atoms with Crippen molar-refractivity contribution in [2.24, 2.45) is 0 Å². The van der Waals surface area contributed by atoms with E-state index in [-0.39, 0.29) is 5.54 Å². The van der Waals surface area contributed by atoms with Gasteiger partial charge in [-0.15, -0.1) is 0 Å². The van der Waals surface area contributed by atoms with Crippen LogP contribution in [0, 0.1) is 0 Å². The summed E-state index contributed by atoms with van der Waals surface area (Å²) in [4.78, 5) is 4.88. The molecule has 0 aromatic carbocycles. The molecular weight excluding hydrogens is 176 g/mol. The SMILES string of the molecule is CCN1CC(CCO)N(C)CC1(C)C. The number of aliphatic hydroxyl groups is 1. The summed E-state index contributed by atoms with van der Waals surface area (Å²) < 4.78 is 0. The molecule has 3 nitrogen and oxygen atoms in total. The highest BCUT2D eigenvalue weighted by Crippen LogP contribution is 2.23. The van der Waals surface area contributed by atoms with E-state index in [4.69, 9.17) is 5.11 Å². The Balaban J connectivity index is 2.62. The Hall–Kier alpha value is -0.120. The predicted octanol–water partition coefficient (Wildman–Crippen LogP) is 0.783. The fourth-order valence-corrected chi connectivity index (χ4v) is 2.50. The van der Waals surface area contributed by atoms with E-state index < -0.39 is 0 Å². The van der Waals surface area contributed by atoms with E-state index in [1.807, 2.05) is 0 Å². The van der Waals surface area contributed by atoms with E-state index in [1.54, 1.807) is 0 Å². The quantitative estimate of drug-likeness (QED) is 0.729. The Morgan fingerprint density at radius 1 is 1.43 bits per heavy atom. The maximum atomic E-state index is 8.98. The van der Waals surface area contributed by atoms with E-state index in [9.17, 15) is 0 Å². The molecular formula is C11H24N2O. The van der Waals surface area contributed by atoms with Gasteiger partial charge in [-0.1, -0.05) is 6.92 Å². The molecule has 0 aromatic rings. The van der Waals surface area contributed by atoms with Crippen molar-refractivity contribution in [1.82, 2.24) is 9.80 Å². The summed E-state index contributed by atoms with van der Waals surface area (Å²) >= 11 is 0. The van der Waals surface area contributed by atoms with Gasteiger partial charge in [-0.3, -0.25) is 4.90 Å². The molecule has 1 N–H and O–H groups in total. The molecule has 1 heterocycles. The molecule has 84 valence electrons. The first-order chi connectivity index (χ1) is 6.51. The molecule has 1 aliphatic heterocycles. The summed E-state index contributed by atoms with van der Waals surface area (Å²) in [6.07, 6.45) is 0.892. The fraction of sp³-hybridized carbons (Fsp3) is 1.00. The summed E-state index contributed by atoms with van der Waals surface area (Å²) in [5, 5.41) is 8.98. The van der Waals surface area contributed by atoms with Gasteiger partial charge in [-0.25, -0.2) is 0 Å². The Morgan fingerprint density at radius 2 is 2.07 bits per heavy atom. The van der Waals surface area contributed by atoms with Crippen LogP contribution in [0.1, 0.15) is 27.2 Å². The lowest BCUT2D eigenvalue weighted by molar-refractivity contribution is -0.00836. The lowest BCUT2D eigenvalue weighted by Gasteiger charge is -2.49. The molecule has 0 bridgehead atoms. The second kappa shape index (κ2) is 4.60. The van der Waals surface area contributed by atoms with Crippen LogP contribution in [0.5, 0.6) is 0 Å². The molecule has 0 amide bonds. The molecule has 0 aromatic heterocycles. The zero-order valence-corrected chi connectivity index (χ0v) is 9.95. The zero-order chi connectivity index (χ0) is 10.8. The van der Waals surface area contributed by atoms with Crippen LogP contribution in [-0.2, 0) is 0 Å². The molecule has 0 saturated carbocycles. The van der Waals surface area contributed by atoms with Crippen molar-refractivity contribution >= 4 is 0 Å². The highest BCUT2D eigenvalue weighted by atomic mass is 16.3. The number of hydrogen-bond donors (Lipinski definition) is 1. The first-order valence-electron chi connectivity index (χ1n) is 5.57. The molecule has 14 heavy (non-hydrogen) atoms. The third-order valence-corrected chi connectivity index (χ3v) is 3.39. The maximum Gasteiger partial charge on any atom is 0.0446 e. The molecule has 1 atom stereocenters. The lowest BCUT2D eigenvalue weighted by Crippen LogP contribution is -2.62. The number of piperazine rings is 1. The minimum atomic E-state index is 0.273. The van der Waals surface area contributed by atoms with Crippen LogP contribution in [0.25, 0.3) is 0 Å². The minimum absolute atomic E-state index is 0.273. The predicted molar refractivity (Wildman–Crippen MR) is 59.4 cm³/mol. The average molecular weight is 200 g/mol. The Morgan fingerprint density at radius 3 is 2.57 bits per heavy atom. The maximum absolute atomic E-state index is 8.98. The van der Waals surface area contributed by atoms with Gasteiger partial charge in [0.1, 0.15) is 0 Å². The topological polar surface area (TPSA) is 26.7 Å². The van der Waals surface area contributed by atoms with Gasteiger partial charge in [0.25, 0.3) is 0 Å². The molecule has 1 aliphatic rings. The Kier molecular flexibility index (Phi) is 3.93. The summed E-state index contributed by atoms with van der Waals surface area (Å²) in [7, 11) is 2.16. The van der Waals surface area contributed by atoms with Crippen molar-refractivity contribution in [2.75, 3.05) is 33.3 Å². The van der Waals surface area contributed by atoms with Crippen LogP contribution in [-0.4, -0.2) is 59.8 Å². The molecule has 1 rings (SSSR count). The first kappa shape index (κ1) is 12.0. The third kappa shape index (κ3) is 2.47. The van der Waals surface area contributed by atoms with E-state index in [0.29, 0.717) is 12.6 Å². The number of likely N-dealkylation sites (N-methyl/N-ethyl adjacent to an activating group) is 2. The fourth-order valence-electron chi connectivity index (χ4n) is 2.50. The van der Waals surface area contributed by atoms with Crippen LogP contribution >= 0.6 is 0 Å². The van der Waals surface area contributed by atoms with E-state index in [1.165, 1.54) is 0 Å². The average Bonchev–Trinajstić information content (AvgIpc) is 2.09. The van der Waals surface area contributed by atoms with Crippen LogP contribution in [0.15, 0.2) is 0 Å². The monoisotopic (exact) mass is 200 g/mol. The van der Waals surface area contributed by atoms with Gasteiger partial charge < -0.3 is 10.0 Å². The molecule has 3 heteroatoms. The van der Waals surface area contributed by atoms with Crippen molar-refractivity contribution in [1.29, 1.82) is 0 Å². The number of rotatable bonds is 3. The van der Waals surface area contributed by atoms with Crippen LogP contribution in [0.3, 0.4) is 0 Å². The highest BCUT2D eigenvalue weighted by molar-refractivity contribution is 4.93. The van der Waals surface area contributed by atoms with Crippen molar-refractivity contribution in [3.63, 3.8) is 0 Å². The number of hydrogen-bond acceptors (Lipinski definition) is 3. The smallest absolute Gasteiger partial charge is 0.0446 e. The second-order valence-corrected chi connectivity index (χ2v) is 4.93. The van der Waals surface area contributed by atoms with E-state index in [2.05, 4.69) is 37.6 Å². The molecule has 1 fully saturated rings. The first-order valence-corrected chi connectivity index (χ1v) is 5.57. The van der Waals surface area contributed by atoms with Crippen LogP contribution < -0.4 is 0 Å². The van der Waals surface area contributed by atoms with Gasteiger partial charge >= 0.3 is 0 Å². The summed E-state index contributed by atoms with van der Waals surface area (Å²) in [5.74, 6) is 0. The van der Waals surface area contributed by atoms with Gasteiger partial charge in [0.05, 0.1) is 0 Å². The van der Waals surface area contributed by atoms with Crippen molar-refractivity contribution in [3.05, 3.63) is 0 Å². The second-order valence-electron chi connectivity index (χ2n) is 4.93. The zero-order valence-electron chi connectivity index (χ0n) is 9.95. The van der Waals surface area contributed by atoms with Crippen molar-refractivity contribution in [3.8, 4) is 0 Å². The summed E-state index contributed by atoms with van der Waals surface area (Å²) in [6, 6.07) is 0.521. The van der Waals surface area contributed by atoms with Crippen molar-refractivity contribution in [2.45, 2.75) is 38.8 Å². The normalized spacial score (nSPS) is 29.4. The van der Waals surface area contributed by atoms with Gasteiger partial charge in [0, 0.05) is 31.3 Å². The molecule has 0 spiro atoms. The van der Waals surface area contributed by atoms with Gasteiger partial charge in [-0.05, 0) is 33.9 Å². The largest absolute Gasteiger partial charge is 0.396 e. The van der Waals surface area contributed by atoms with Gasteiger partial charge in [-0.2, -0.15) is 0 Å². The molecule has 0 radical (unpaired) electrons. The number of nitrogens with zero attached hydrogens (tertiary/aromatic N) is 2. The minimum Gasteiger partial charge on any atom is -0.396 e. The van der Waals surface area contributed by atoms with Gasteiger partial charge in [0.2, 0.25) is 0 Å². The molecule has 0 aliphatic carbocycles. The number of aliphatic hydroxyl groups excluding tert-OH is 1. The summed E-state index contributed by atoms with van der Waals surface area (Å²) in [5.41, 5.74) is 0.273.